The smallest absolute Gasteiger partial charge is 0.240 e. The molecule has 20 heavy (non-hydrogen) atoms. The molecule has 2 atom stereocenters. The Bertz CT molecular complexity index is 484. The van der Waals surface area contributed by atoms with E-state index in [1.807, 2.05) is 0 Å². The molecule has 5 nitrogen and oxygen atoms in total. The van der Waals surface area contributed by atoms with Crippen LogP contribution in [0.2, 0.25) is 0 Å². The molecule has 2 rings (SSSR count). The molecule has 1 aromatic rings. The second kappa shape index (κ2) is 6.47. The van der Waals surface area contributed by atoms with Crippen molar-refractivity contribution in [2.24, 2.45) is 11.7 Å². The number of nitrogens with one attached hydrogen (secondary N) is 1. The lowest BCUT2D eigenvalue weighted by atomic mass is 10.0. The van der Waals surface area contributed by atoms with E-state index in [0.29, 0.717) is 19.6 Å². The van der Waals surface area contributed by atoms with Gasteiger partial charge in [0.1, 0.15) is 11.9 Å². The summed E-state index contributed by atoms with van der Waals surface area (Å²) in [5.74, 6) is -1.42. The standard InChI is InChI=1S/C14H17FN2O3/c15-11-3-1-9(2-4-11)7-12(13(16)18)17-14(19)10-5-6-20-8-10/h1-4,10,12H,5-8H2,(H2,16,18)(H,17,19)/t10-,12+/m0/s1. The molecule has 0 saturated carbocycles. The zero-order chi connectivity index (χ0) is 14.5. The highest BCUT2D eigenvalue weighted by molar-refractivity contribution is 5.87. The second-order valence-electron chi connectivity index (χ2n) is 4.85. The van der Waals surface area contributed by atoms with Crippen LogP contribution >= 0.6 is 0 Å². The predicted molar refractivity (Wildman–Crippen MR) is 70.2 cm³/mol. The summed E-state index contributed by atoms with van der Waals surface area (Å²) in [5.41, 5.74) is 6.04. The molecule has 3 N–H and O–H groups in total. The van der Waals surface area contributed by atoms with E-state index in [9.17, 15) is 14.0 Å². The van der Waals surface area contributed by atoms with E-state index < -0.39 is 11.9 Å². The molecule has 0 aromatic heterocycles. The summed E-state index contributed by atoms with van der Waals surface area (Å²) in [5, 5.41) is 2.63. The first kappa shape index (κ1) is 14.5. The van der Waals surface area contributed by atoms with Gasteiger partial charge in [0.2, 0.25) is 11.8 Å². The molecule has 1 aliphatic rings. The maximum Gasteiger partial charge on any atom is 0.240 e. The van der Waals surface area contributed by atoms with E-state index in [-0.39, 0.29) is 24.1 Å². The number of benzene rings is 1. The van der Waals surface area contributed by atoms with Crippen molar-refractivity contribution >= 4 is 11.8 Å². The molecule has 0 radical (unpaired) electrons. The molecular weight excluding hydrogens is 263 g/mol. The lowest BCUT2D eigenvalue weighted by Gasteiger charge is -2.17. The van der Waals surface area contributed by atoms with Gasteiger partial charge < -0.3 is 15.8 Å². The summed E-state index contributed by atoms with van der Waals surface area (Å²) in [6, 6.07) is 4.94. The lowest BCUT2D eigenvalue weighted by molar-refractivity contribution is -0.129. The Morgan fingerprint density at radius 1 is 1.40 bits per heavy atom. The Balaban J connectivity index is 1.98. The van der Waals surface area contributed by atoms with Crippen LogP contribution in [-0.2, 0) is 20.7 Å². The average molecular weight is 280 g/mol. The average Bonchev–Trinajstić information content (AvgIpc) is 2.94. The van der Waals surface area contributed by atoms with Crippen molar-refractivity contribution in [1.29, 1.82) is 0 Å². The number of nitrogens with two attached hydrogens (primary N) is 1. The molecule has 0 spiro atoms. The molecule has 1 heterocycles. The number of carbonyl (C=O) groups excluding carboxylic acids is 2. The Morgan fingerprint density at radius 3 is 2.65 bits per heavy atom. The fraction of sp³-hybridized carbons (Fsp3) is 0.429. The van der Waals surface area contributed by atoms with E-state index in [2.05, 4.69) is 5.32 Å². The first-order valence-electron chi connectivity index (χ1n) is 6.48. The number of rotatable bonds is 5. The van der Waals surface area contributed by atoms with Gasteiger partial charge in [-0.2, -0.15) is 0 Å². The lowest BCUT2D eigenvalue weighted by Crippen LogP contribution is -2.48. The molecule has 0 aliphatic carbocycles. The summed E-state index contributed by atoms with van der Waals surface area (Å²) < 4.78 is 18.0. The fourth-order valence-corrected chi connectivity index (χ4v) is 2.11. The number of hydrogen-bond acceptors (Lipinski definition) is 3. The Morgan fingerprint density at radius 2 is 2.10 bits per heavy atom. The number of primary amides is 1. The van der Waals surface area contributed by atoms with E-state index in [1.165, 1.54) is 12.1 Å². The molecule has 6 heteroatoms. The van der Waals surface area contributed by atoms with E-state index in [4.69, 9.17) is 10.5 Å². The van der Waals surface area contributed by atoms with Crippen LogP contribution in [-0.4, -0.2) is 31.1 Å². The maximum absolute atomic E-state index is 12.8. The van der Waals surface area contributed by atoms with Gasteiger partial charge in [-0.1, -0.05) is 12.1 Å². The van der Waals surface area contributed by atoms with Crippen LogP contribution in [0.4, 0.5) is 4.39 Å². The molecular formula is C14H17FN2O3. The van der Waals surface area contributed by atoms with Gasteiger partial charge in [0.15, 0.2) is 0 Å². The summed E-state index contributed by atoms with van der Waals surface area (Å²) in [6.07, 6.45) is 0.892. The van der Waals surface area contributed by atoms with Crippen molar-refractivity contribution < 1.29 is 18.7 Å². The SMILES string of the molecule is NC(=O)[C@@H](Cc1ccc(F)cc1)NC(=O)[C@H]1CCOC1. The Kier molecular flexibility index (Phi) is 4.68. The molecule has 108 valence electrons. The molecule has 0 bridgehead atoms. The molecule has 1 saturated heterocycles. The number of ether oxygens (including phenoxy) is 1. The zero-order valence-corrected chi connectivity index (χ0v) is 11.0. The van der Waals surface area contributed by atoms with E-state index >= 15 is 0 Å². The van der Waals surface area contributed by atoms with Crippen molar-refractivity contribution in [2.45, 2.75) is 18.9 Å². The highest BCUT2D eigenvalue weighted by Gasteiger charge is 2.27. The Labute approximate surface area is 116 Å². The molecule has 2 amide bonds. The van der Waals surface area contributed by atoms with Crippen molar-refractivity contribution in [3.63, 3.8) is 0 Å². The van der Waals surface area contributed by atoms with Crippen molar-refractivity contribution in [3.8, 4) is 0 Å². The minimum atomic E-state index is -0.798. The highest BCUT2D eigenvalue weighted by Crippen LogP contribution is 2.13. The van der Waals surface area contributed by atoms with Crippen LogP contribution in [0.5, 0.6) is 0 Å². The van der Waals surface area contributed by atoms with Gasteiger partial charge >= 0.3 is 0 Å². The first-order chi connectivity index (χ1) is 9.56. The minimum absolute atomic E-state index is 0.228. The normalized spacial score (nSPS) is 19.6. The quantitative estimate of drug-likeness (QED) is 0.818. The van der Waals surface area contributed by atoms with Gasteiger partial charge in [-0.25, -0.2) is 4.39 Å². The summed E-state index contributed by atoms with van der Waals surface area (Å²) in [6.45, 7) is 0.922. The molecule has 0 unspecified atom stereocenters. The van der Waals surface area contributed by atoms with Gasteiger partial charge in [-0.05, 0) is 24.1 Å². The maximum atomic E-state index is 12.8. The molecule has 1 fully saturated rings. The van der Waals surface area contributed by atoms with Crippen LogP contribution in [0.3, 0.4) is 0 Å². The summed E-state index contributed by atoms with van der Waals surface area (Å²) in [7, 11) is 0. The van der Waals surface area contributed by atoms with Crippen LogP contribution in [0.1, 0.15) is 12.0 Å². The number of halogens is 1. The summed E-state index contributed by atoms with van der Waals surface area (Å²) in [4.78, 5) is 23.4. The van der Waals surface area contributed by atoms with Crippen LogP contribution in [0, 0.1) is 11.7 Å². The molecule has 1 aromatic carbocycles. The number of carbonyl (C=O) groups is 2. The second-order valence-corrected chi connectivity index (χ2v) is 4.85. The minimum Gasteiger partial charge on any atom is -0.381 e. The van der Waals surface area contributed by atoms with Crippen molar-refractivity contribution in [1.82, 2.24) is 5.32 Å². The van der Waals surface area contributed by atoms with Gasteiger partial charge in [-0.15, -0.1) is 0 Å². The molecule has 1 aliphatic heterocycles. The third-order valence-corrected chi connectivity index (χ3v) is 3.31. The van der Waals surface area contributed by atoms with Gasteiger partial charge in [0.25, 0.3) is 0 Å². The van der Waals surface area contributed by atoms with E-state index in [0.717, 1.165) is 5.56 Å². The van der Waals surface area contributed by atoms with Gasteiger partial charge in [-0.3, -0.25) is 9.59 Å². The van der Waals surface area contributed by atoms with Gasteiger partial charge in [0, 0.05) is 13.0 Å². The van der Waals surface area contributed by atoms with E-state index in [1.54, 1.807) is 12.1 Å². The number of amides is 2. The van der Waals surface area contributed by atoms with Crippen molar-refractivity contribution in [3.05, 3.63) is 35.6 Å². The summed E-state index contributed by atoms with van der Waals surface area (Å²) >= 11 is 0. The van der Waals surface area contributed by atoms with Gasteiger partial charge in [0.05, 0.1) is 12.5 Å². The van der Waals surface area contributed by atoms with Crippen LogP contribution in [0.15, 0.2) is 24.3 Å². The third kappa shape index (κ3) is 3.77. The Hall–Kier alpha value is -1.95. The first-order valence-corrected chi connectivity index (χ1v) is 6.48. The van der Waals surface area contributed by atoms with Crippen molar-refractivity contribution in [2.75, 3.05) is 13.2 Å². The fourth-order valence-electron chi connectivity index (χ4n) is 2.11. The monoisotopic (exact) mass is 280 g/mol. The van der Waals surface area contributed by atoms with Crippen LogP contribution in [0.25, 0.3) is 0 Å². The third-order valence-electron chi connectivity index (χ3n) is 3.31. The zero-order valence-electron chi connectivity index (χ0n) is 11.0. The number of hydrogen-bond donors (Lipinski definition) is 2. The highest BCUT2D eigenvalue weighted by atomic mass is 19.1. The topological polar surface area (TPSA) is 81.4 Å². The largest absolute Gasteiger partial charge is 0.381 e. The predicted octanol–water partition coefficient (Wildman–Crippen LogP) is 0.375. The van der Waals surface area contributed by atoms with Crippen LogP contribution < -0.4 is 11.1 Å².